The van der Waals surface area contributed by atoms with Crippen LogP contribution in [-0.2, 0) is 14.3 Å². The summed E-state index contributed by atoms with van der Waals surface area (Å²) in [6.07, 6.45) is 6.74. The smallest absolute Gasteiger partial charge is 0.336 e. The Morgan fingerprint density at radius 3 is 2.15 bits per heavy atom. The first kappa shape index (κ1) is 25.6. The monoisotopic (exact) mass is 450 g/mol. The van der Waals surface area contributed by atoms with Gasteiger partial charge in [0.1, 0.15) is 11.5 Å². The number of hydrogen-bond acceptors (Lipinski definition) is 6. The van der Waals surface area contributed by atoms with Crippen molar-refractivity contribution in [1.29, 1.82) is 0 Å². The van der Waals surface area contributed by atoms with Crippen molar-refractivity contribution in [1.82, 2.24) is 0 Å². The van der Waals surface area contributed by atoms with Gasteiger partial charge < -0.3 is 14.2 Å². The van der Waals surface area contributed by atoms with E-state index in [1.807, 2.05) is 24.3 Å². The highest BCUT2D eigenvalue weighted by molar-refractivity contribution is 5.96. The molecule has 0 aliphatic heterocycles. The fourth-order valence-electron chi connectivity index (χ4n) is 2.91. The molecule has 2 aromatic carbocycles. The number of benzene rings is 2. The Bertz CT molecular complexity index is 971. The number of carbonyl (C=O) groups is 3. The Kier molecular flexibility index (Phi) is 10.6. The molecule has 0 spiro atoms. The molecule has 0 N–H and O–H groups in total. The van der Waals surface area contributed by atoms with Gasteiger partial charge in [-0.3, -0.25) is 4.79 Å². The van der Waals surface area contributed by atoms with Gasteiger partial charge in [-0.05, 0) is 67.8 Å². The molecule has 0 aliphatic rings. The summed E-state index contributed by atoms with van der Waals surface area (Å²) in [6, 6.07) is 13.8. The van der Waals surface area contributed by atoms with Crippen LogP contribution in [0.4, 0.5) is 0 Å². The highest BCUT2D eigenvalue weighted by Crippen LogP contribution is 2.16. The minimum absolute atomic E-state index is 0.0426. The molecule has 33 heavy (non-hydrogen) atoms. The third kappa shape index (κ3) is 9.56. The maximum absolute atomic E-state index is 12.3. The molecule has 0 saturated carbocycles. The first-order chi connectivity index (χ1) is 15.9. The van der Waals surface area contributed by atoms with Crippen LogP contribution in [0.3, 0.4) is 0 Å². The van der Waals surface area contributed by atoms with Gasteiger partial charge in [-0.25, -0.2) is 9.59 Å². The van der Waals surface area contributed by atoms with Gasteiger partial charge in [-0.2, -0.15) is 0 Å². The second-order valence-corrected chi connectivity index (χ2v) is 7.56. The molecule has 2 rings (SSSR count). The predicted molar refractivity (Wildman–Crippen MR) is 127 cm³/mol. The van der Waals surface area contributed by atoms with Gasteiger partial charge in [0.05, 0.1) is 13.7 Å². The Morgan fingerprint density at radius 1 is 0.879 bits per heavy atom. The quantitative estimate of drug-likeness (QED) is 0.131. The van der Waals surface area contributed by atoms with Crippen molar-refractivity contribution >= 4 is 23.8 Å². The number of esters is 2. The van der Waals surface area contributed by atoms with Crippen LogP contribution < -0.4 is 9.47 Å². The van der Waals surface area contributed by atoms with Crippen molar-refractivity contribution < 1.29 is 28.6 Å². The summed E-state index contributed by atoms with van der Waals surface area (Å²) < 4.78 is 15.4. The third-order valence-corrected chi connectivity index (χ3v) is 4.80. The third-order valence-electron chi connectivity index (χ3n) is 4.80. The number of rotatable bonds is 13. The van der Waals surface area contributed by atoms with E-state index in [0.29, 0.717) is 29.9 Å². The van der Waals surface area contributed by atoms with Gasteiger partial charge in [0.25, 0.3) is 0 Å². The summed E-state index contributed by atoms with van der Waals surface area (Å²) in [6.45, 7) is 5.52. The van der Waals surface area contributed by atoms with Crippen LogP contribution in [-0.4, -0.2) is 31.4 Å². The Hall–Kier alpha value is -3.67. The van der Waals surface area contributed by atoms with E-state index in [1.54, 1.807) is 44.4 Å². The lowest BCUT2D eigenvalue weighted by Gasteiger charge is -2.05. The van der Waals surface area contributed by atoms with E-state index in [9.17, 15) is 14.4 Å². The molecular weight excluding hydrogens is 420 g/mol. The molecule has 0 heterocycles. The molecule has 174 valence electrons. The first-order valence-corrected chi connectivity index (χ1v) is 10.9. The van der Waals surface area contributed by atoms with E-state index < -0.39 is 5.97 Å². The molecule has 0 saturated heterocycles. The fraction of sp³-hybridized carbons (Fsp3) is 0.296. The number of hydrogen-bond donors (Lipinski definition) is 0. The summed E-state index contributed by atoms with van der Waals surface area (Å²) in [5.41, 5.74) is 1.83. The van der Waals surface area contributed by atoms with Gasteiger partial charge in [-0.15, -0.1) is 0 Å². The van der Waals surface area contributed by atoms with E-state index in [2.05, 4.69) is 6.58 Å². The number of unbranched alkanes of at least 4 members (excludes halogenated alkanes) is 3. The van der Waals surface area contributed by atoms with Crippen LogP contribution in [0.2, 0.25) is 0 Å². The van der Waals surface area contributed by atoms with Gasteiger partial charge >= 0.3 is 11.9 Å². The summed E-state index contributed by atoms with van der Waals surface area (Å²) in [5, 5.41) is 0. The predicted octanol–water partition coefficient (Wildman–Crippen LogP) is 5.57. The maximum atomic E-state index is 12.3. The van der Waals surface area contributed by atoms with E-state index in [4.69, 9.17) is 14.2 Å². The summed E-state index contributed by atoms with van der Waals surface area (Å²) in [7, 11) is 1.59. The number of methoxy groups -OCH3 is 1. The molecule has 0 amide bonds. The second-order valence-electron chi connectivity index (χ2n) is 7.56. The average molecular weight is 451 g/mol. The second kappa shape index (κ2) is 13.7. The molecule has 0 atom stereocenters. The van der Waals surface area contributed by atoms with Gasteiger partial charge in [-0.1, -0.05) is 31.6 Å². The largest absolute Gasteiger partial charge is 0.497 e. The molecule has 0 aliphatic carbocycles. The minimum Gasteiger partial charge on any atom is -0.497 e. The minimum atomic E-state index is -0.501. The number of carbonyl (C=O) groups excluding carboxylic acids is 3. The van der Waals surface area contributed by atoms with Crippen molar-refractivity contribution in [3.05, 3.63) is 77.9 Å². The van der Waals surface area contributed by atoms with Crippen LogP contribution in [0.15, 0.2) is 66.8 Å². The van der Waals surface area contributed by atoms with Crippen LogP contribution in [0.1, 0.15) is 54.9 Å². The van der Waals surface area contributed by atoms with Crippen molar-refractivity contribution in [3.8, 4) is 11.5 Å². The molecule has 0 fully saturated rings. The maximum Gasteiger partial charge on any atom is 0.336 e. The van der Waals surface area contributed by atoms with E-state index in [-0.39, 0.29) is 11.8 Å². The molecule has 2 aromatic rings. The Labute approximate surface area is 194 Å². The van der Waals surface area contributed by atoms with Crippen LogP contribution >= 0.6 is 0 Å². The highest BCUT2D eigenvalue weighted by atomic mass is 16.5. The van der Waals surface area contributed by atoms with Crippen LogP contribution in [0.5, 0.6) is 11.5 Å². The zero-order valence-electron chi connectivity index (χ0n) is 19.2. The van der Waals surface area contributed by atoms with Gasteiger partial charge in [0, 0.05) is 23.6 Å². The fourth-order valence-corrected chi connectivity index (χ4v) is 2.91. The number of ketones is 1. The Morgan fingerprint density at radius 2 is 1.52 bits per heavy atom. The standard InChI is InChI=1S/C27H30O6/c1-20(2)27(30)32-19-7-5-4-6-8-25(28)22-12-16-24(17-13-22)33-26(29)18-11-21-9-14-23(31-3)15-10-21/h9-18H,1,4-8,19H2,2-3H3. The summed E-state index contributed by atoms with van der Waals surface area (Å²) in [5.74, 6) is 0.290. The lowest BCUT2D eigenvalue weighted by molar-refractivity contribution is -0.139. The molecule has 6 heteroatoms. The number of Topliss-reactive ketones (excluding diaryl/α,β-unsaturated/α-hetero) is 1. The molecule has 6 nitrogen and oxygen atoms in total. The highest BCUT2D eigenvalue weighted by Gasteiger charge is 2.08. The van der Waals surface area contributed by atoms with Crippen LogP contribution in [0.25, 0.3) is 6.08 Å². The molecule has 0 unspecified atom stereocenters. The zero-order valence-corrected chi connectivity index (χ0v) is 19.2. The summed E-state index contributed by atoms with van der Waals surface area (Å²) >= 11 is 0. The van der Waals surface area contributed by atoms with Crippen molar-refractivity contribution in [2.24, 2.45) is 0 Å². The average Bonchev–Trinajstić information content (AvgIpc) is 2.82. The number of ether oxygens (including phenoxy) is 3. The van der Waals surface area contributed by atoms with Crippen molar-refractivity contribution in [3.63, 3.8) is 0 Å². The van der Waals surface area contributed by atoms with Gasteiger partial charge in [0.2, 0.25) is 0 Å². The topological polar surface area (TPSA) is 78.9 Å². The SMILES string of the molecule is C=C(C)C(=O)OCCCCCCC(=O)c1ccc(OC(=O)C=Cc2ccc(OC)cc2)cc1. The lowest BCUT2D eigenvalue weighted by atomic mass is 10.0. The molecular formula is C27H30O6. The normalized spacial score (nSPS) is 10.6. The van der Waals surface area contributed by atoms with Crippen LogP contribution in [0, 0.1) is 0 Å². The molecule has 0 bridgehead atoms. The van der Waals surface area contributed by atoms with E-state index in [1.165, 1.54) is 6.08 Å². The molecule has 0 radical (unpaired) electrons. The lowest BCUT2D eigenvalue weighted by Crippen LogP contribution is -2.06. The van der Waals surface area contributed by atoms with E-state index >= 15 is 0 Å². The molecule has 0 aromatic heterocycles. The van der Waals surface area contributed by atoms with Crippen molar-refractivity contribution in [2.75, 3.05) is 13.7 Å². The van der Waals surface area contributed by atoms with Crippen molar-refractivity contribution in [2.45, 2.75) is 39.0 Å². The Balaban J connectivity index is 1.69. The summed E-state index contributed by atoms with van der Waals surface area (Å²) in [4.78, 5) is 35.6. The zero-order chi connectivity index (χ0) is 24.1. The first-order valence-electron chi connectivity index (χ1n) is 10.9. The van der Waals surface area contributed by atoms with E-state index in [0.717, 1.165) is 37.0 Å². The van der Waals surface area contributed by atoms with Gasteiger partial charge in [0.15, 0.2) is 5.78 Å².